The van der Waals surface area contributed by atoms with Gasteiger partial charge in [-0.1, -0.05) is 297 Å². The molecule has 0 nitrogen and oxygen atoms in total. The molecule has 2 aliphatic heterocycles. The predicted molar refractivity (Wildman–Crippen MR) is 328 cm³/mol. The van der Waals surface area contributed by atoms with Crippen molar-refractivity contribution >= 4 is 79.2 Å². The Labute approximate surface area is 446 Å². The van der Waals surface area contributed by atoms with Crippen molar-refractivity contribution in [2.75, 3.05) is 0 Å². The molecule has 13 aromatic rings. The molecule has 13 aromatic carbocycles. The van der Waals surface area contributed by atoms with Crippen LogP contribution in [0, 0.1) is 0 Å². The zero-order chi connectivity index (χ0) is 50.2. The molecular formula is C74H50Si2. The molecule has 0 aromatic heterocycles. The fourth-order valence-electron chi connectivity index (χ4n) is 13.8. The lowest BCUT2D eigenvalue weighted by Gasteiger charge is -2.31. The van der Waals surface area contributed by atoms with Gasteiger partial charge in [-0.05, 0) is 136 Å². The summed E-state index contributed by atoms with van der Waals surface area (Å²) >= 11 is 0. The number of hydrogen-bond acceptors (Lipinski definition) is 0. The van der Waals surface area contributed by atoms with Crippen LogP contribution >= 0.6 is 0 Å². The van der Waals surface area contributed by atoms with E-state index in [0.717, 1.165) is 0 Å². The third kappa shape index (κ3) is 6.42. The van der Waals surface area contributed by atoms with E-state index in [1.165, 1.54) is 130 Å². The van der Waals surface area contributed by atoms with Gasteiger partial charge in [0.05, 0.1) is 0 Å². The van der Waals surface area contributed by atoms with Crippen molar-refractivity contribution < 1.29 is 0 Å². The van der Waals surface area contributed by atoms with Gasteiger partial charge >= 0.3 is 0 Å². The number of rotatable bonds is 8. The Bertz CT molecular complexity index is 4040. The van der Waals surface area contributed by atoms with Crippen LogP contribution in [0.25, 0.3) is 88.3 Å². The lowest BCUT2D eigenvalue weighted by Crippen LogP contribution is -2.72. The molecule has 76 heavy (non-hydrogen) atoms. The van der Waals surface area contributed by atoms with Crippen molar-refractivity contribution in [3.63, 3.8) is 0 Å². The zero-order valence-corrected chi connectivity index (χ0v) is 43.9. The Balaban J connectivity index is 1.04. The average Bonchev–Trinajstić information content (AvgIpc) is 4.21. The first-order valence-corrected chi connectivity index (χ1v) is 30.6. The fourth-order valence-corrected chi connectivity index (χ4v) is 24.2. The van der Waals surface area contributed by atoms with Gasteiger partial charge in [-0.3, -0.25) is 0 Å². The summed E-state index contributed by atoms with van der Waals surface area (Å²) in [6.45, 7) is 0. The molecule has 15 rings (SSSR count). The van der Waals surface area contributed by atoms with Crippen LogP contribution in [0.3, 0.4) is 0 Å². The van der Waals surface area contributed by atoms with Crippen LogP contribution in [0.2, 0.25) is 0 Å². The van der Waals surface area contributed by atoms with Crippen LogP contribution in [0.1, 0.15) is 0 Å². The molecule has 0 unspecified atom stereocenters. The highest BCUT2D eigenvalue weighted by Gasteiger charge is 2.50. The Hall–Kier alpha value is -9.19. The second-order valence-electron chi connectivity index (χ2n) is 20.5. The van der Waals surface area contributed by atoms with Crippen LogP contribution in [-0.2, 0) is 0 Å². The molecule has 0 saturated carbocycles. The predicted octanol–water partition coefficient (Wildman–Crippen LogP) is 13.4. The highest BCUT2D eigenvalue weighted by atomic mass is 28.3. The Morgan fingerprint density at radius 2 is 0.474 bits per heavy atom. The van der Waals surface area contributed by atoms with E-state index in [1.807, 2.05) is 0 Å². The van der Waals surface area contributed by atoms with Gasteiger partial charge in [0, 0.05) is 0 Å². The summed E-state index contributed by atoms with van der Waals surface area (Å²) < 4.78 is 0. The first-order chi connectivity index (χ1) is 37.7. The molecule has 0 amide bonds. The molecular weight excluding hydrogens is 945 g/mol. The minimum atomic E-state index is -2.75. The molecule has 0 spiro atoms. The molecule has 2 heteroatoms. The molecule has 2 aliphatic rings. The van der Waals surface area contributed by atoms with Gasteiger partial charge in [0.15, 0.2) is 16.1 Å². The maximum absolute atomic E-state index is 2.75. The first-order valence-electron chi connectivity index (χ1n) is 26.6. The molecule has 0 atom stereocenters. The molecule has 0 fully saturated rings. The van der Waals surface area contributed by atoms with Gasteiger partial charge in [0.2, 0.25) is 0 Å². The van der Waals surface area contributed by atoms with Crippen LogP contribution in [0.4, 0.5) is 0 Å². The van der Waals surface area contributed by atoms with Crippen molar-refractivity contribution in [2.45, 2.75) is 0 Å². The van der Waals surface area contributed by atoms with E-state index in [9.17, 15) is 0 Å². The molecule has 0 radical (unpaired) electrons. The van der Waals surface area contributed by atoms with Crippen molar-refractivity contribution in [3.05, 3.63) is 303 Å². The molecule has 0 N–H and O–H groups in total. The highest BCUT2D eigenvalue weighted by molar-refractivity contribution is 7.23. The molecule has 0 aliphatic carbocycles. The smallest absolute Gasteiger partial charge is 0.0623 e. The Morgan fingerprint density at radius 1 is 0.171 bits per heavy atom. The van der Waals surface area contributed by atoms with Crippen molar-refractivity contribution in [3.8, 4) is 66.8 Å². The Morgan fingerprint density at radius 3 is 0.895 bits per heavy atom. The maximum Gasteiger partial charge on any atom is 0.180 e. The summed E-state index contributed by atoms with van der Waals surface area (Å²) in [5, 5.41) is 16.4. The third-order valence-corrected chi connectivity index (χ3v) is 26.6. The molecule has 354 valence electrons. The maximum atomic E-state index is 2.55. The summed E-state index contributed by atoms with van der Waals surface area (Å²) in [4.78, 5) is 0. The number of hydrogen-bond donors (Lipinski definition) is 0. The zero-order valence-electron chi connectivity index (χ0n) is 41.9. The number of benzene rings is 13. The lowest BCUT2D eigenvalue weighted by atomic mass is 9.84. The molecule has 0 bridgehead atoms. The SMILES string of the molecule is c1ccc(-c2ccc(-c3c4cccc(-c5cccc6c5-c5ccccc5[Si]6(c5ccccc5)c5ccccc5)c4cc4c(-c5cccc6c5-c5ccccc5[Si]6(c5ccccc5)c5ccccc5)cccc34)cc2)cc1. The topological polar surface area (TPSA) is 0 Å². The van der Waals surface area contributed by atoms with E-state index < -0.39 is 16.1 Å². The van der Waals surface area contributed by atoms with E-state index >= 15 is 0 Å². The standard InChI is InChI=1S/C74H50Si2/c1-6-24-51(25-7-1)52-46-48-53(49-47-52)72-62-38-20-36-58(60-40-22-44-70-73(60)64-34-16-18-42-68(64)75(70,54-26-8-2-9-27-54)55-28-10-3-11-29-55)66(62)50-67-59(37-21-39-63(67)72)61-41-23-45-71-74(61)65-35-17-19-43-69(65)76(71,56-30-12-4-13-31-56)57-32-14-5-15-33-57/h1-50H. The third-order valence-electron chi connectivity index (χ3n) is 16.9. The summed E-state index contributed by atoms with van der Waals surface area (Å²) in [5.74, 6) is 0. The van der Waals surface area contributed by atoms with Gasteiger partial charge in [-0.15, -0.1) is 0 Å². The normalized spacial score (nSPS) is 13.5. The van der Waals surface area contributed by atoms with Gasteiger partial charge in [-0.2, -0.15) is 0 Å². The summed E-state index contributed by atoms with van der Waals surface area (Å²) in [5.41, 5.74) is 15.3. The van der Waals surface area contributed by atoms with Crippen molar-refractivity contribution in [1.29, 1.82) is 0 Å². The van der Waals surface area contributed by atoms with E-state index in [0.29, 0.717) is 0 Å². The van der Waals surface area contributed by atoms with Crippen molar-refractivity contribution in [2.24, 2.45) is 0 Å². The van der Waals surface area contributed by atoms with Gasteiger partial charge < -0.3 is 0 Å². The second kappa shape index (κ2) is 17.7. The summed E-state index contributed by atoms with van der Waals surface area (Å²) in [7, 11) is -5.50. The van der Waals surface area contributed by atoms with Gasteiger partial charge in [0.1, 0.15) is 0 Å². The Kier molecular flexibility index (Phi) is 10.3. The van der Waals surface area contributed by atoms with E-state index in [2.05, 4.69) is 303 Å². The van der Waals surface area contributed by atoms with Crippen LogP contribution in [-0.4, -0.2) is 16.1 Å². The van der Waals surface area contributed by atoms with E-state index in [1.54, 1.807) is 0 Å². The molecule has 2 heterocycles. The first kappa shape index (κ1) is 44.3. The van der Waals surface area contributed by atoms with Crippen LogP contribution < -0.4 is 41.5 Å². The van der Waals surface area contributed by atoms with E-state index in [4.69, 9.17) is 0 Å². The minimum absolute atomic E-state index is 1.20. The molecule has 0 saturated heterocycles. The largest absolute Gasteiger partial charge is 0.180 e. The van der Waals surface area contributed by atoms with Crippen LogP contribution in [0.5, 0.6) is 0 Å². The minimum Gasteiger partial charge on any atom is -0.0623 e. The quantitative estimate of drug-likeness (QED) is 0.105. The second-order valence-corrected chi connectivity index (χ2v) is 28.0. The monoisotopic (exact) mass is 994 g/mol. The van der Waals surface area contributed by atoms with Crippen LogP contribution in [0.15, 0.2) is 303 Å². The van der Waals surface area contributed by atoms with Crippen molar-refractivity contribution in [1.82, 2.24) is 0 Å². The average molecular weight is 995 g/mol. The van der Waals surface area contributed by atoms with Gasteiger partial charge in [-0.25, -0.2) is 0 Å². The lowest BCUT2D eigenvalue weighted by molar-refractivity contribution is 1.61. The fraction of sp³-hybridized carbons (Fsp3) is 0. The summed E-state index contributed by atoms with van der Waals surface area (Å²) in [6, 6.07) is 115. The van der Waals surface area contributed by atoms with Gasteiger partial charge in [0.25, 0.3) is 0 Å². The number of fused-ring (bicyclic) bond motifs is 8. The summed E-state index contributed by atoms with van der Waals surface area (Å²) in [6.07, 6.45) is 0. The van der Waals surface area contributed by atoms with E-state index in [-0.39, 0.29) is 0 Å². The highest BCUT2D eigenvalue weighted by Crippen LogP contribution is 2.47.